The summed E-state index contributed by atoms with van der Waals surface area (Å²) in [6.45, 7) is 17.9. The van der Waals surface area contributed by atoms with Gasteiger partial charge in [-0.15, -0.1) is 10.2 Å². The molecule has 4 aromatic rings. The lowest BCUT2D eigenvalue weighted by Crippen LogP contribution is -2.61. The number of nitrogens with zero attached hydrogens (tertiary/aromatic N) is 17. The van der Waals surface area contributed by atoms with Gasteiger partial charge in [0.05, 0.1) is 49.2 Å². The van der Waals surface area contributed by atoms with E-state index in [-0.39, 0.29) is 82.8 Å². The zero-order valence-corrected chi connectivity index (χ0v) is 77.6. The minimum atomic E-state index is -1.88. The van der Waals surface area contributed by atoms with E-state index in [1.807, 2.05) is 0 Å². The highest BCUT2D eigenvalue weighted by molar-refractivity contribution is 6.11. The molecular formula is C83H119N27O23. The predicted molar refractivity (Wildman–Crippen MR) is 472 cm³/mol. The number of aliphatic hydroxyl groups excluding tert-OH is 3. The van der Waals surface area contributed by atoms with Crippen LogP contribution in [0.25, 0.3) is 22.6 Å². The average Bonchev–Trinajstić information content (AvgIpc) is 1.72. The van der Waals surface area contributed by atoms with E-state index in [4.69, 9.17) is 51.7 Å². The van der Waals surface area contributed by atoms with Crippen molar-refractivity contribution in [2.75, 3.05) is 101 Å². The van der Waals surface area contributed by atoms with Crippen molar-refractivity contribution in [3.63, 3.8) is 0 Å². The molecule has 9 heterocycles. The summed E-state index contributed by atoms with van der Waals surface area (Å²) in [4.78, 5) is 248. The second-order valence-corrected chi connectivity index (χ2v) is 34.3. The van der Waals surface area contributed by atoms with E-state index in [1.54, 1.807) is 90.5 Å². The Labute approximate surface area is 763 Å². The van der Waals surface area contributed by atoms with E-state index in [9.17, 15) is 77.3 Å². The number of ether oxygens (including phenoxy) is 3. The number of benzene rings is 2. The number of hydrogen-bond donors (Lipinski definition) is 13. The number of imidazole rings is 2. The van der Waals surface area contributed by atoms with Crippen molar-refractivity contribution in [3.05, 3.63) is 91.4 Å². The maximum atomic E-state index is 15.2. The summed E-state index contributed by atoms with van der Waals surface area (Å²) < 4.78 is 24.5. The number of H-pyrrole nitrogens is 2. The SMILES string of the molecule is CN(C)/N=N/c1[nH]cnc1C(N)=O.CN(C)/N=N/c1[nH]cnc1C(N)=O.Cc1c2oc3c(C)ccc(C(=O)N[C@@H]4C(=O)N[C@H](C(C)C)C(=O)N5CCC[C@H]5C(=O)N(C)CC(=O)N(C)[C@@H](C(C)C)C(=O)O[C@@H]4C)c3nc-2c(C(=O)N[C@@H]2C(=O)N[C@H](C(C)C)C(=O)N3CCC[C@H]3C(=O)N(C)CC(=O)N(C)[C@@H](C(C)C)C(=O)O[C@@H]2C)c(N)c1=O.Nc1ccn([C@@H]2O[C@H](CO)[C@@H](O)[C@@H]2O)c(=O)n1. The molecule has 0 spiro atoms. The number of aliphatic hydroxyl groups is 3. The molecule has 5 fully saturated rings. The number of nitrogens with one attached hydrogen (secondary N) is 6. The van der Waals surface area contributed by atoms with E-state index in [0.717, 1.165) is 14.4 Å². The Morgan fingerprint density at radius 2 is 1.05 bits per heavy atom. The number of esters is 2. The van der Waals surface area contributed by atoms with Gasteiger partial charge >= 0.3 is 17.6 Å². The lowest BCUT2D eigenvalue weighted by atomic mass is 9.98. The van der Waals surface area contributed by atoms with Crippen molar-refractivity contribution < 1.29 is 101 Å². The molecule has 6 aliphatic heterocycles. The van der Waals surface area contributed by atoms with Crippen LogP contribution < -0.4 is 55.3 Å². The Morgan fingerprint density at radius 1 is 0.609 bits per heavy atom. The van der Waals surface area contributed by atoms with Crippen LogP contribution in [0.1, 0.15) is 154 Å². The molecule has 7 aliphatic rings. The summed E-state index contributed by atoms with van der Waals surface area (Å²) in [5.74, 6) is -13.0. The number of primary amides is 2. The van der Waals surface area contributed by atoms with Gasteiger partial charge in [-0.1, -0.05) is 71.9 Å². The number of fused-ring (bicyclic) bond motifs is 4. The number of anilines is 2. The first kappa shape index (κ1) is 104. The topological polar surface area (TPSA) is 690 Å². The van der Waals surface area contributed by atoms with Crippen molar-refractivity contribution in [2.45, 2.75) is 194 Å². The average molecular weight is 1860 g/mol. The monoisotopic (exact) mass is 1860 g/mol. The number of aromatic nitrogens is 7. The maximum absolute atomic E-state index is 15.2. The molecule has 724 valence electrons. The number of aryl methyl sites for hydroxylation is 1. The highest BCUT2D eigenvalue weighted by atomic mass is 16.6. The lowest BCUT2D eigenvalue weighted by molar-refractivity contribution is -0.163. The molecule has 1 aliphatic carbocycles. The van der Waals surface area contributed by atoms with E-state index in [1.165, 1.54) is 116 Å². The molecule has 0 bridgehead atoms. The van der Waals surface area contributed by atoms with Crippen molar-refractivity contribution in [1.29, 1.82) is 0 Å². The summed E-state index contributed by atoms with van der Waals surface area (Å²) in [6, 6.07) is -6.53. The molecule has 17 N–H and O–H groups in total. The Morgan fingerprint density at radius 3 is 1.45 bits per heavy atom. The molecular weight excluding hydrogens is 1740 g/mol. The van der Waals surface area contributed by atoms with Crippen LogP contribution in [0.2, 0.25) is 0 Å². The summed E-state index contributed by atoms with van der Waals surface area (Å²) >= 11 is 0. The number of carbonyl (C=O) groups excluding carboxylic acids is 14. The Kier molecular flexibility index (Phi) is 35.1. The lowest BCUT2D eigenvalue weighted by Gasteiger charge is -2.36. The van der Waals surface area contributed by atoms with E-state index in [0.29, 0.717) is 18.4 Å². The fourth-order valence-corrected chi connectivity index (χ4v) is 15.4. The summed E-state index contributed by atoms with van der Waals surface area (Å²) in [5.41, 5.74) is 18.4. The number of cyclic esters (lactones) is 2. The number of aromatic amines is 2. The van der Waals surface area contributed by atoms with Crippen molar-refractivity contribution in [3.8, 4) is 11.5 Å². The fraction of sp³-hybridized carbons (Fsp3) is 0.566. The van der Waals surface area contributed by atoms with Crippen LogP contribution in [0.15, 0.2) is 71.7 Å². The van der Waals surface area contributed by atoms with Crippen LogP contribution in [-0.4, -0.2) is 340 Å². The maximum Gasteiger partial charge on any atom is 0.351 e. The molecule has 12 amide bonds. The van der Waals surface area contributed by atoms with Crippen LogP contribution in [0.4, 0.5) is 23.1 Å². The summed E-state index contributed by atoms with van der Waals surface area (Å²) in [5, 5.41) is 56.6. The third kappa shape index (κ3) is 24.2. The molecule has 1 aromatic carbocycles. The molecule has 50 heteroatoms. The molecule has 133 heavy (non-hydrogen) atoms. The first-order valence-electron chi connectivity index (χ1n) is 42.6. The van der Waals surface area contributed by atoms with E-state index < -0.39 is 239 Å². The van der Waals surface area contributed by atoms with Crippen LogP contribution in [0.3, 0.4) is 0 Å². The Bertz CT molecular complexity index is 5420. The molecule has 0 radical (unpaired) electrons. The largest absolute Gasteiger partial charge is 0.458 e. The van der Waals surface area contributed by atoms with Gasteiger partial charge in [-0.05, 0) is 94.7 Å². The third-order valence-electron chi connectivity index (χ3n) is 22.5. The van der Waals surface area contributed by atoms with Crippen LogP contribution in [-0.2, 0) is 62.2 Å². The number of rotatable bonds is 16. The highest BCUT2D eigenvalue weighted by Gasteiger charge is 2.48. The number of nitrogen functional groups attached to an aromatic ring is 2. The van der Waals surface area contributed by atoms with Gasteiger partial charge in [0.25, 0.3) is 23.6 Å². The molecule has 0 unspecified atom stereocenters. The predicted octanol–water partition coefficient (Wildman–Crippen LogP) is -1.70. The third-order valence-corrected chi connectivity index (χ3v) is 22.5. The quantitative estimate of drug-likeness (QED) is 0.0169. The van der Waals surface area contributed by atoms with E-state index in [2.05, 4.69) is 66.9 Å². The van der Waals surface area contributed by atoms with Crippen LogP contribution in [0, 0.1) is 37.5 Å². The van der Waals surface area contributed by atoms with Gasteiger partial charge in [0.1, 0.15) is 95.9 Å². The van der Waals surface area contributed by atoms with Gasteiger partial charge < -0.3 is 118 Å². The highest BCUT2D eigenvalue weighted by Crippen LogP contribution is 2.36. The minimum absolute atomic E-state index is 0.0537. The number of hydrogen-bond acceptors (Lipinski definition) is 33. The smallest absolute Gasteiger partial charge is 0.351 e. The Balaban J connectivity index is 0.000000405. The van der Waals surface area contributed by atoms with Crippen molar-refractivity contribution >= 4 is 117 Å². The van der Waals surface area contributed by atoms with Gasteiger partial charge in [-0.25, -0.2) is 29.3 Å². The Hall–Kier alpha value is -14.0. The van der Waals surface area contributed by atoms with Crippen LogP contribution in [0.5, 0.6) is 0 Å². The fourth-order valence-electron chi connectivity index (χ4n) is 15.4. The van der Waals surface area contributed by atoms with E-state index >= 15 is 9.59 Å². The number of amides is 12. The van der Waals surface area contributed by atoms with Gasteiger partial charge in [0.15, 0.2) is 40.6 Å². The standard InChI is InChI=1S/C62H86N12O16.C9H13N3O5.2C6H10N6O/c1-27(2)42-59(84)73-23-17-19-36(73)57(82)69(13)25-38(75)71(15)48(29(5)6)61(86)88-33(11)44(55(80)65-42)67-53(78)35-22-21-31(9)51-46(35)64-47-40(41(63)50(77)32(10)52(47)90-51)54(79)68-45-34(12)89-62(87)49(30(7)8)72(16)39(76)26-70(14)58(83)37-20-18-24-74(37)60(85)43(28(3)4)66-56(45)81;10-5-1-2-12(9(16)11-5)8-7(15)6(14)4(3-13)17-8;2*1-12(2)11-10-6-4(5(7)13)8-3-9-6/h21-22,27-30,33-34,36-37,42-45,48-49H,17-20,23-26,63H2,1-16H3,(H,65,80)(H,66,81)(H,67,78)(H,68,79);1-2,4,6-8,13-15H,3H2,(H2,10,11,16);2*3H,1-2H3,(H2,7,13)(H,8,9)/b;;2*11-10+/t33-,34-,36+,37+,42-,43-,44+,45+,48+,49+;4-,6-,7+,8-;;/m11../s1. The van der Waals surface area contributed by atoms with Gasteiger partial charge in [0.2, 0.25) is 52.7 Å². The van der Waals surface area contributed by atoms with Crippen LogP contribution >= 0.6 is 0 Å². The molecule has 3 aromatic heterocycles. The molecule has 14 atom stereocenters. The summed E-state index contributed by atoms with van der Waals surface area (Å²) in [7, 11) is 12.4. The number of carbonyl (C=O) groups is 14. The minimum Gasteiger partial charge on any atom is -0.458 e. The number of nitrogens with two attached hydrogens (primary N) is 4. The number of likely N-dealkylation sites (N-methyl/N-ethyl adjacent to an activating group) is 4. The van der Waals surface area contributed by atoms with Gasteiger partial charge in [-0.3, -0.25) is 76.9 Å². The van der Waals surface area contributed by atoms with Crippen molar-refractivity contribution in [2.24, 2.45) is 55.8 Å². The normalized spacial score (nSPS) is 24.0. The first-order chi connectivity index (χ1) is 62.4. The van der Waals surface area contributed by atoms with Gasteiger partial charge in [-0.2, -0.15) is 4.98 Å². The molecule has 50 nitrogen and oxygen atoms in total. The second-order valence-electron chi connectivity index (χ2n) is 34.3. The molecule has 0 saturated carbocycles. The molecule has 11 rings (SSSR count). The molecule has 5 saturated heterocycles. The zero-order valence-electron chi connectivity index (χ0n) is 77.6. The second kappa shape index (κ2) is 44.7. The first-order valence-corrected chi connectivity index (χ1v) is 42.6. The summed E-state index contributed by atoms with van der Waals surface area (Å²) in [6.07, 6.45) is -2.24. The van der Waals surface area contributed by atoms with Gasteiger partial charge in [0, 0.05) is 81.2 Å². The van der Waals surface area contributed by atoms with Crippen molar-refractivity contribution in [1.82, 2.24) is 95.2 Å². The zero-order chi connectivity index (χ0) is 99.2.